The summed E-state index contributed by atoms with van der Waals surface area (Å²) in [4.78, 5) is 15.3. The van der Waals surface area contributed by atoms with E-state index in [1.165, 1.54) is 0 Å². The molecule has 1 aromatic heterocycles. The van der Waals surface area contributed by atoms with Crippen molar-refractivity contribution >= 4 is 16.8 Å². The third-order valence-electron chi connectivity index (χ3n) is 3.80. The molecule has 0 aliphatic rings. The fourth-order valence-corrected chi connectivity index (χ4v) is 2.45. The van der Waals surface area contributed by atoms with Crippen LogP contribution >= 0.6 is 0 Å². The third kappa shape index (κ3) is 2.87. The van der Waals surface area contributed by atoms with Gasteiger partial charge in [0, 0.05) is 22.7 Å². The second-order valence-corrected chi connectivity index (χ2v) is 5.60. The number of aliphatic hydroxyl groups is 1. The average Bonchev–Trinajstić information content (AvgIpc) is 3.01. The van der Waals surface area contributed by atoms with Crippen LogP contribution in [0.15, 0.2) is 60.8 Å². The number of nitrogens with one attached hydrogen (secondary N) is 2. The zero-order chi connectivity index (χ0) is 15.6. The minimum absolute atomic E-state index is 0.154. The molecule has 0 spiro atoms. The lowest BCUT2D eigenvalue weighted by Crippen LogP contribution is -2.38. The molecule has 2 aromatic carbocycles. The second-order valence-electron chi connectivity index (χ2n) is 5.60. The van der Waals surface area contributed by atoms with Crippen molar-refractivity contribution < 1.29 is 9.90 Å². The highest BCUT2D eigenvalue weighted by atomic mass is 16.3. The SMILES string of the molecule is CC(O)(CNC(=O)c1ccc2[nH]ccc2c1)c1ccccc1. The Balaban J connectivity index is 1.71. The van der Waals surface area contributed by atoms with E-state index in [2.05, 4.69) is 10.3 Å². The summed E-state index contributed by atoms with van der Waals surface area (Å²) < 4.78 is 0. The Morgan fingerprint density at radius 3 is 2.73 bits per heavy atom. The number of fused-ring (bicyclic) bond motifs is 1. The van der Waals surface area contributed by atoms with E-state index < -0.39 is 5.60 Å². The minimum atomic E-state index is -1.10. The van der Waals surface area contributed by atoms with Crippen LogP contribution in [0.5, 0.6) is 0 Å². The molecule has 1 atom stereocenters. The van der Waals surface area contributed by atoms with Gasteiger partial charge in [-0.25, -0.2) is 0 Å². The summed E-state index contributed by atoms with van der Waals surface area (Å²) >= 11 is 0. The van der Waals surface area contributed by atoms with Crippen LogP contribution in [0, 0.1) is 0 Å². The quantitative estimate of drug-likeness (QED) is 0.693. The predicted molar refractivity (Wildman–Crippen MR) is 86.6 cm³/mol. The number of benzene rings is 2. The number of aromatic nitrogens is 1. The van der Waals surface area contributed by atoms with Crippen molar-refractivity contribution in [1.82, 2.24) is 10.3 Å². The lowest BCUT2D eigenvalue weighted by atomic mass is 9.96. The van der Waals surface area contributed by atoms with Crippen LogP contribution in [0.2, 0.25) is 0 Å². The second kappa shape index (κ2) is 5.66. The Morgan fingerprint density at radius 2 is 1.95 bits per heavy atom. The summed E-state index contributed by atoms with van der Waals surface area (Å²) in [7, 11) is 0. The molecule has 3 aromatic rings. The maximum Gasteiger partial charge on any atom is 0.251 e. The van der Waals surface area contributed by atoms with Crippen LogP contribution in [0.4, 0.5) is 0 Å². The zero-order valence-electron chi connectivity index (χ0n) is 12.3. The van der Waals surface area contributed by atoms with E-state index in [9.17, 15) is 9.90 Å². The average molecular weight is 294 g/mol. The van der Waals surface area contributed by atoms with Gasteiger partial charge in [-0.05, 0) is 36.8 Å². The van der Waals surface area contributed by atoms with Gasteiger partial charge < -0.3 is 15.4 Å². The van der Waals surface area contributed by atoms with Crippen molar-refractivity contribution in [2.75, 3.05) is 6.54 Å². The molecule has 3 N–H and O–H groups in total. The van der Waals surface area contributed by atoms with Gasteiger partial charge in [0.05, 0.1) is 6.54 Å². The monoisotopic (exact) mass is 294 g/mol. The molecule has 0 aliphatic carbocycles. The first-order valence-electron chi connectivity index (χ1n) is 7.19. The molecule has 0 saturated heterocycles. The van der Waals surface area contributed by atoms with Crippen molar-refractivity contribution in [3.63, 3.8) is 0 Å². The van der Waals surface area contributed by atoms with Crippen LogP contribution in [0.1, 0.15) is 22.8 Å². The van der Waals surface area contributed by atoms with Gasteiger partial charge in [0.2, 0.25) is 0 Å². The van der Waals surface area contributed by atoms with E-state index in [1.807, 2.05) is 54.7 Å². The molecule has 0 bridgehead atoms. The van der Waals surface area contributed by atoms with Gasteiger partial charge in [-0.2, -0.15) is 0 Å². The van der Waals surface area contributed by atoms with Gasteiger partial charge in [-0.15, -0.1) is 0 Å². The first kappa shape index (κ1) is 14.4. The van der Waals surface area contributed by atoms with Crippen molar-refractivity contribution in [1.29, 1.82) is 0 Å². The highest BCUT2D eigenvalue weighted by molar-refractivity contribution is 5.98. The summed E-state index contributed by atoms with van der Waals surface area (Å²) in [6.07, 6.45) is 1.84. The summed E-state index contributed by atoms with van der Waals surface area (Å²) in [5, 5.41) is 14.3. The van der Waals surface area contributed by atoms with Crippen LogP contribution in [0.3, 0.4) is 0 Å². The maximum absolute atomic E-state index is 12.3. The van der Waals surface area contributed by atoms with E-state index >= 15 is 0 Å². The van der Waals surface area contributed by atoms with Crippen LogP contribution in [-0.2, 0) is 5.60 Å². The standard InChI is InChI=1S/C18H18N2O2/c1-18(22,15-5-3-2-4-6-15)12-20-17(21)14-7-8-16-13(11-14)9-10-19-16/h2-11,19,22H,12H2,1H3,(H,20,21). The summed E-state index contributed by atoms with van der Waals surface area (Å²) in [5.41, 5.74) is 1.25. The summed E-state index contributed by atoms with van der Waals surface area (Å²) in [6, 6.07) is 16.7. The van der Waals surface area contributed by atoms with E-state index in [0.717, 1.165) is 16.5 Å². The summed E-state index contributed by atoms with van der Waals surface area (Å²) in [6.45, 7) is 1.85. The normalized spacial score (nSPS) is 13.7. The lowest BCUT2D eigenvalue weighted by Gasteiger charge is -2.24. The molecule has 1 unspecified atom stereocenters. The van der Waals surface area contributed by atoms with Gasteiger partial charge in [-0.3, -0.25) is 4.79 Å². The Kier molecular flexibility index (Phi) is 3.69. The highest BCUT2D eigenvalue weighted by Gasteiger charge is 2.23. The van der Waals surface area contributed by atoms with Gasteiger partial charge in [0.1, 0.15) is 5.60 Å². The number of H-pyrrole nitrogens is 1. The maximum atomic E-state index is 12.3. The Morgan fingerprint density at radius 1 is 1.18 bits per heavy atom. The molecule has 0 aliphatic heterocycles. The van der Waals surface area contributed by atoms with Crippen molar-refractivity contribution in [3.8, 4) is 0 Å². The molecule has 4 nitrogen and oxygen atoms in total. The molecule has 1 amide bonds. The van der Waals surface area contributed by atoms with Gasteiger partial charge in [0.25, 0.3) is 5.91 Å². The molecular weight excluding hydrogens is 276 g/mol. The van der Waals surface area contributed by atoms with Crippen molar-refractivity contribution in [2.24, 2.45) is 0 Å². The smallest absolute Gasteiger partial charge is 0.251 e. The minimum Gasteiger partial charge on any atom is -0.384 e. The number of carbonyl (C=O) groups excluding carboxylic acids is 1. The number of hydrogen-bond acceptors (Lipinski definition) is 2. The predicted octanol–water partition coefficient (Wildman–Crippen LogP) is 2.81. The molecule has 0 radical (unpaired) electrons. The molecule has 22 heavy (non-hydrogen) atoms. The van der Waals surface area contributed by atoms with Gasteiger partial charge in [-0.1, -0.05) is 30.3 Å². The zero-order valence-corrected chi connectivity index (χ0v) is 12.3. The summed E-state index contributed by atoms with van der Waals surface area (Å²) in [5.74, 6) is -0.195. The fourth-order valence-electron chi connectivity index (χ4n) is 2.45. The first-order valence-corrected chi connectivity index (χ1v) is 7.19. The van der Waals surface area contributed by atoms with E-state index in [-0.39, 0.29) is 12.5 Å². The molecule has 4 heteroatoms. The number of hydrogen-bond donors (Lipinski definition) is 3. The topological polar surface area (TPSA) is 65.1 Å². The molecule has 0 fully saturated rings. The largest absolute Gasteiger partial charge is 0.384 e. The number of amides is 1. The molecule has 112 valence electrons. The van der Waals surface area contributed by atoms with Crippen LogP contribution in [0.25, 0.3) is 10.9 Å². The molecule has 1 heterocycles. The number of aromatic amines is 1. The van der Waals surface area contributed by atoms with Crippen molar-refractivity contribution in [3.05, 3.63) is 71.9 Å². The fraction of sp³-hybridized carbons (Fsp3) is 0.167. The first-order chi connectivity index (χ1) is 10.6. The third-order valence-corrected chi connectivity index (χ3v) is 3.80. The van der Waals surface area contributed by atoms with E-state index in [4.69, 9.17) is 0 Å². The van der Waals surface area contributed by atoms with Crippen LogP contribution in [-0.4, -0.2) is 22.5 Å². The molecule has 0 saturated carbocycles. The lowest BCUT2D eigenvalue weighted by molar-refractivity contribution is 0.0526. The van der Waals surface area contributed by atoms with Crippen LogP contribution < -0.4 is 5.32 Å². The van der Waals surface area contributed by atoms with E-state index in [0.29, 0.717) is 5.56 Å². The highest BCUT2D eigenvalue weighted by Crippen LogP contribution is 2.19. The van der Waals surface area contributed by atoms with Gasteiger partial charge >= 0.3 is 0 Å². The Bertz CT molecular complexity index is 791. The Hall–Kier alpha value is -2.59. The van der Waals surface area contributed by atoms with E-state index in [1.54, 1.807) is 13.0 Å². The molecule has 3 rings (SSSR count). The van der Waals surface area contributed by atoms with Crippen molar-refractivity contribution in [2.45, 2.75) is 12.5 Å². The number of carbonyl (C=O) groups is 1. The number of rotatable bonds is 4. The molecular formula is C18H18N2O2. The Labute approximate surface area is 128 Å². The van der Waals surface area contributed by atoms with Gasteiger partial charge in [0.15, 0.2) is 0 Å².